The van der Waals surface area contributed by atoms with E-state index in [9.17, 15) is 27.6 Å². The number of amides is 2. The highest BCUT2D eigenvalue weighted by Gasteiger charge is 2.31. The van der Waals surface area contributed by atoms with E-state index in [0.717, 1.165) is 0 Å². The number of nitriles is 1. The predicted molar refractivity (Wildman–Crippen MR) is 147 cm³/mol. The summed E-state index contributed by atoms with van der Waals surface area (Å²) in [5, 5.41) is 12.6. The lowest BCUT2D eigenvalue weighted by molar-refractivity contribution is -0.274. The number of nitrogens with zero attached hydrogens (tertiary/aromatic N) is 3. The Bertz CT molecular complexity index is 1650. The molecule has 2 amide bonds. The van der Waals surface area contributed by atoms with Crippen molar-refractivity contribution in [2.24, 2.45) is 10.8 Å². The fourth-order valence-electron chi connectivity index (χ4n) is 4.00. The van der Waals surface area contributed by atoms with Gasteiger partial charge in [-0.05, 0) is 60.0 Å². The zero-order valence-corrected chi connectivity index (χ0v) is 23.1. The van der Waals surface area contributed by atoms with E-state index in [1.54, 1.807) is 18.2 Å². The number of alkyl halides is 3. The third-order valence-electron chi connectivity index (χ3n) is 5.76. The van der Waals surface area contributed by atoms with E-state index in [4.69, 9.17) is 38.9 Å². The highest BCUT2D eigenvalue weighted by Crippen LogP contribution is 2.39. The summed E-state index contributed by atoms with van der Waals surface area (Å²) in [4.78, 5) is 37.0. The minimum absolute atomic E-state index is 0.0279. The fraction of sp³-hybridized carbons (Fsp3) is 0.148. The monoisotopic (exact) mass is 635 g/mol. The molecule has 3 aromatic rings. The van der Waals surface area contributed by atoms with Gasteiger partial charge in [0, 0.05) is 18.7 Å². The topological polar surface area (TPSA) is 156 Å². The van der Waals surface area contributed by atoms with Crippen molar-refractivity contribution in [3.05, 3.63) is 81.3 Å². The first-order chi connectivity index (χ1) is 20.3. The quantitative estimate of drug-likeness (QED) is 0.136. The van der Waals surface area contributed by atoms with E-state index >= 15 is 0 Å². The highest BCUT2D eigenvalue weighted by atomic mass is 35.5. The SMILES string of the molecule is N#CC(=NNc1cc(Cl)c(Oc2ccc3c(c2)CCN(Cc2cccc(OC(F)(F)F)c2)C3=O)c(Cl)c1)C(=O)OC(N)=O. The number of hydrazone groups is 1. The largest absolute Gasteiger partial charge is 0.573 e. The van der Waals surface area contributed by atoms with Gasteiger partial charge in [-0.1, -0.05) is 35.3 Å². The Hall–Kier alpha value is -5.00. The molecule has 0 aliphatic carbocycles. The zero-order chi connectivity index (χ0) is 31.3. The summed E-state index contributed by atoms with van der Waals surface area (Å²) in [5.41, 5.74) is 8.06. The number of benzene rings is 3. The van der Waals surface area contributed by atoms with Crippen LogP contribution in [0.2, 0.25) is 10.0 Å². The number of nitrogens with two attached hydrogens (primary N) is 1. The Morgan fingerprint density at radius 1 is 1.09 bits per heavy atom. The molecule has 0 aromatic heterocycles. The molecule has 0 radical (unpaired) electrons. The van der Waals surface area contributed by atoms with Gasteiger partial charge in [-0.15, -0.1) is 13.2 Å². The van der Waals surface area contributed by atoms with Gasteiger partial charge in [-0.3, -0.25) is 10.2 Å². The number of carbonyl (C=O) groups excluding carboxylic acids is 3. The van der Waals surface area contributed by atoms with Crippen LogP contribution in [0.1, 0.15) is 21.5 Å². The van der Waals surface area contributed by atoms with E-state index in [1.807, 2.05) is 0 Å². The minimum Gasteiger partial charge on any atom is -0.454 e. The van der Waals surface area contributed by atoms with Gasteiger partial charge < -0.3 is 24.8 Å². The van der Waals surface area contributed by atoms with Gasteiger partial charge in [-0.25, -0.2) is 9.59 Å². The molecule has 3 N–H and O–H groups in total. The van der Waals surface area contributed by atoms with Crippen molar-refractivity contribution in [1.82, 2.24) is 4.90 Å². The molecule has 16 heteroatoms. The number of ether oxygens (including phenoxy) is 3. The number of carbonyl (C=O) groups is 3. The van der Waals surface area contributed by atoms with E-state index in [1.165, 1.54) is 47.4 Å². The zero-order valence-electron chi connectivity index (χ0n) is 21.6. The lowest BCUT2D eigenvalue weighted by Gasteiger charge is -2.29. The molecule has 3 aromatic carbocycles. The standard InChI is InChI=1S/C27H18Cl2F3N5O6/c28-20-10-16(35-36-22(12-33)25(39)42-26(34)40)11-21(29)23(20)41-17-4-5-19-15(9-17)6-7-37(24(19)38)13-14-2-1-3-18(8-14)43-27(30,31)32/h1-5,8-11,35H,6-7,13H2,(H2,34,40). The van der Waals surface area contributed by atoms with Crippen LogP contribution < -0.4 is 20.6 Å². The van der Waals surface area contributed by atoms with E-state index < -0.39 is 24.1 Å². The maximum atomic E-state index is 13.1. The summed E-state index contributed by atoms with van der Waals surface area (Å²) < 4.78 is 51.6. The van der Waals surface area contributed by atoms with Crippen LogP contribution >= 0.6 is 23.2 Å². The molecule has 0 bridgehead atoms. The van der Waals surface area contributed by atoms with Crippen LogP contribution in [0.25, 0.3) is 0 Å². The van der Waals surface area contributed by atoms with Crippen molar-refractivity contribution in [3.63, 3.8) is 0 Å². The average Bonchev–Trinajstić information content (AvgIpc) is 2.91. The minimum atomic E-state index is -4.83. The molecule has 222 valence electrons. The summed E-state index contributed by atoms with van der Waals surface area (Å²) in [6, 6.07) is 14.3. The molecular weight excluding hydrogens is 618 g/mol. The Balaban J connectivity index is 1.45. The number of primary amides is 1. The Morgan fingerprint density at radius 3 is 2.47 bits per heavy atom. The summed E-state index contributed by atoms with van der Waals surface area (Å²) in [7, 11) is 0. The molecule has 11 nitrogen and oxygen atoms in total. The number of nitrogens with one attached hydrogen (secondary N) is 1. The predicted octanol–water partition coefficient (Wildman–Crippen LogP) is 5.80. The summed E-state index contributed by atoms with van der Waals surface area (Å²) in [6.45, 7) is 0.392. The Kier molecular flexibility index (Phi) is 9.27. The number of fused-ring (bicyclic) bond motifs is 1. The van der Waals surface area contributed by atoms with Crippen molar-refractivity contribution in [2.75, 3.05) is 12.0 Å². The fourth-order valence-corrected chi connectivity index (χ4v) is 4.57. The lowest BCUT2D eigenvalue weighted by atomic mass is 9.98. The van der Waals surface area contributed by atoms with Crippen molar-refractivity contribution in [2.45, 2.75) is 19.3 Å². The highest BCUT2D eigenvalue weighted by molar-refractivity contribution is 6.44. The van der Waals surface area contributed by atoms with Crippen LogP contribution in [0.4, 0.5) is 23.7 Å². The number of hydrogen-bond donors (Lipinski definition) is 2. The molecule has 0 atom stereocenters. The van der Waals surface area contributed by atoms with Gasteiger partial charge in [0.05, 0.1) is 15.7 Å². The van der Waals surface area contributed by atoms with Crippen molar-refractivity contribution >= 4 is 52.6 Å². The van der Waals surface area contributed by atoms with Crippen LogP contribution in [-0.4, -0.2) is 41.5 Å². The van der Waals surface area contributed by atoms with Gasteiger partial charge in [0.15, 0.2) is 5.75 Å². The number of halogens is 5. The van der Waals surface area contributed by atoms with Crippen LogP contribution in [0, 0.1) is 11.3 Å². The summed E-state index contributed by atoms with van der Waals surface area (Å²) in [5.74, 6) is -1.66. The van der Waals surface area contributed by atoms with Crippen LogP contribution in [0.15, 0.2) is 59.7 Å². The molecule has 0 fully saturated rings. The Labute approximate surface area is 251 Å². The molecule has 1 aliphatic heterocycles. The Morgan fingerprint density at radius 2 is 1.81 bits per heavy atom. The van der Waals surface area contributed by atoms with Gasteiger partial charge in [0.1, 0.15) is 17.6 Å². The number of esters is 1. The van der Waals surface area contributed by atoms with E-state index in [0.29, 0.717) is 35.4 Å². The van der Waals surface area contributed by atoms with Gasteiger partial charge in [-0.2, -0.15) is 10.4 Å². The van der Waals surface area contributed by atoms with Crippen LogP contribution in [0.3, 0.4) is 0 Å². The van der Waals surface area contributed by atoms with Crippen molar-refractivity contribution < 1.29 is 41.8 Å². The third-order valence-corrected chi connectivity index (χ3v) is 6.32. The molecule has 0 saturated heterocycles. The first-order valence-electron chi connectivity index (χ1n) is 12.0. The van der Waals surface area contributed by atoms with Crippen LogP contribution in [0.5, 0.6) is 17.2 Å². The molecule has 1 aliphatic rings. The molecule has 43 heavy (non-hydrogen) atoms. The lowest BCUT2D eigenvalue weighted by Crippen LogP contribution is -2.37. The molecule has 0 spiro atoms. The normalized spacial score (nSPS) is 13.1. The second kappa shape index (κ2) is 12.9. The number of anilines is 1. The summed E-state index contributed by atoms with van der Waals surface area (Å²) in [6.07, 6.45) is -5.79. The maximum Gasteiger partial charge on any atom is 0.573 e. The van der Waals surface area contributed by atoms with Gasteiger partial charge in [0.25, 0.3) is 5.91 Å². The van der Waals surface area contributed by atoms with Gasteiger partial charge in [0.2, 0.25) is 5.71 Å². The molecule has 1 heterocycles. The smallest absolute Gasteiger partial charge is 0.454 e. The van der Waals surface area contributed by atoms with Crippen molar-refractivity contribution in [3.8, 4) is 23.3 Å². The molecule has 0 unspecified atom stereocenters. The molecule has 4 rings (SSSR count). The number of rotatable bonds is 8. The first-order valence-corrected chi connectivity index (χ1v) is 12.8. The molecule has 0 saturated carbocycles. The average molecular weight is 636 g/mol. The second-order valence-electron chi connectivity index (χ2n) is 8.75. The third kappa shape index (κ3) is 8.06. The van der Waals surface area contributed by atoms with E-state index in [2.05, 4.69) is 20.0 Å². The van der Waals surface area contributed by atoms with Gasteiger partial charge >= 0.3 is 18.4 Å². The van der Waals surface area contributed by atoms with Crippen molar-refractivity contribution in [1.29, 1.82) is 5.26 Å². The van der Waals surface area contributed by atoms with E-state index in [-0.39, 0.29) is 39.7 Å². The van der Waals surface area contributed by atoms with Crippen LogP contribution in [-0.2, 0) is 22.5 Å². The number of hydrogen-bond acceptors (Lipinski definition) is 9. The summed E-state index contributed by atoms with van der Waals surface area (Å²) >= 11 is 12.7. The maximum absolute atomic E-state index is 13.1. The first kappa shape index (κ1) is 30.9. The molecular formula is C27H18Cl2F3N5O6. The second-order valence-corrected chi connectivity index (χ2v) is 9.57.